The maximum atomic E-state index is 12.1. The van der Waals surface area contributed by atoms with Crippen LogP contribution in [-0.2, 0) is 25.5 Å². The summed E-state index contributed by atoms with van der Waals surface area (Å²) < 4.78 is 9.93. The molecule has 9 heteroatoms. The third kappa shape index (κ3) is 5.75. The number of aromatic nitrogens is 2. The van der Waals surface area contributed by atoms with Crippen LogP contribution >= 0.6 is 0 Å². The molecule has 0 aliphatic rings. The molecule has 3 rings (SSSR count). The number of aromatic amines is 1. The number of para-hydroxylation sites is 2. The number of anilines is 1. The van der Waals surface area contributed by atoms with Crippen LogP contribution in [0.1, 0.15) is 29.5 Å². The molecular weight excluding hydrogens is 402 g/mol. The zero-order valence-electron chi connectivity index (χ0n) is 16.8. The summed E-state index contributed by atoms with van der Waals surface area (Å²) in [4.78, 5) is 55.0. The Morgan fingerprint density at radius 3 is 2.58 bits per heavy atom. The van der Waals surface area contributed by atoms with Gasteiger partial charge in [0.05, 0.1) is 35.2 Å². The van der Waals surface area contributed by atoms with Gasteiger partial charge in [0.1, 0.15) is 5.82 Å². The molecule has 0 fully saturated rings. The SMILES string of the molecule is CCOC(=O)c1ccccc1NC(=O)COC(=O)CCc1nc2ccccc2c(=O)[nH]1. The van der Waals surface area contributed by atoms with Crippen LogP contribution < -0.4 is 10.9 Å². The number of nitrogens with one attached hydrogen (secondary N) is 2. The molecule has 3 aromatic rings. The summed E-state index contributed by atoms with van der Waals surface area (Å²) >= 11 is 0. The summed E-state index contributed by atoms with van der Waals surface area (Å²) in [6, 6.07) is 13.3. The average Bonchev–Trinajstić information content (AvgIpc) is 2.77. The van der Waals surface area contributed by atoms with Crippen molar-refractivity contribution >= 4 is 34.4 Å². The number of nitrogens with zero attached hydrogens (tertiary/aromatic N) is 1. The lowest BCUT2D eigenvalue weighted by Crippen LogP contribution is -2.22. The van der Waals surface area contributed by atoms with Crippen LogP contribution in [0.25, 0.3) is 10.9 Å². The Labute approximate surface area is 177 Å². The maximum Gasteiger partial charge on any atom is 0.340 e. The topological polar surface area (TPSA) is 127 Å². The second kappa shape index (κ2) is 10.1. The minimum absolute atomic E-state index is 0.0615. The summed E-state index contributed by atoms with van der Waals surface area (Å²) in [6.45, 7) is 1.37. The maximum absolute atomic E-state index is 12.1. The molecule has 9 nitrogen and oxygen atoms in total. The van der Waals surface area contributed by atoms with Crippen molar-refractivity contribution in [2.75, 3.05) is 18.5 Å². The van der Waals surface area contributed by atoms with Crippen molar-refractivity contribution in [2.24, 2.45) is 0 Å². The van der Waals surface area contributed by atoms with E-state index in [1.807, 2.05) is 0 Å². The number of hydrogen-bond acceptors (Lipinski definition) is 7. The Kier molecular flexibility index (Phi) is 7.10. The zero-order valence-corrected chi connectivity index (χ0v) is 16.8. The van der Waals surface area contributed by atoms with Crippen LogP contribution in [0.5, 0.6) is 0 Å². The fraction of sp³-hybridized carbons (Fsp3) is 0.227. The van der Waals surface area contributed by atoms with Gasteiger partial charge in [-0.1, -0.05) is 24.3 Å². The number of esters is 2. The van der Waals surface area contributed by atoms with Gasteiger partial charge in [-0.15, -0.1) is 0 Å². The number of fused-ring (bicyclic) bond motifs is 1. The van der Waals surface area contributed by atoms with Crippen LogP contribution in [0.3, 0.4) is 0 Å². The molecule has 0 spiro atoms. The van der Waals surface area contributed by atoms with Crippen molar-refractivity contribution in [2.45, 2.75) is 19.8 Å². The first-order chi connectivity index (χ1) is 15.0. The van der Waals surface area contributed by atoms with E-state index in [1.54, 1.807) is 49.4 Å². The molecule has 0 aliphatic carbocycles. The number of aryl methyl sites for hydroxylation is 1. The third-order valence-electron chi connectivity index (χ3n) is 4.29. The molecule has 0 aliphatic heterocycles. The molecule has 1 heterocycles. The Morgan fingerprint density at radius 1 is 1.03 bits per heavy atom. The summed E-state index contributed by atoms with van der Waals surface area (Å²) in [5.74, 6) is -1.42. The highest BCUT2D eigenvalue weighted by Crippen LogP contribution is 2.16. The molecule has 0 unspecified atom stereocenters. The number of rotatable bonds is 8. The molecule has 0 radical (unpaired) electrons. The Bertz CT molecular complexity index is 1170. The summed E-state index contributed by atoms with van der Waals surface area (Å²) in [5, 5.41) is 3.00. The predicted molar refractivity (Wildman–Crippen MR) is 113 cm³/mol. The van der Waals surface area contributed by atoms with Crippen LogP contribution in [0, 0.1) is 0 Å². The lowest BCUT2D eigenvalue weighted by atomic mass is 10.2. The van der Waals surface area contributed by atoms with E-state index in [0.29, 0.717) is 16.7 Å². The summed E-state index contributed by atoms with van der Waals surface area (Å²) in [5.41, 5.74) is 0.721. The Balaban J connectivity index is 1.52. The number of carbonyl (C=O) groups is 3. The predicted octanol–water partition coefficient (Wildman–Crippen LogP) is 2.21. The first kappa shape index (κ1) is 21.7. The molecule has 0 atom stereocenters. The minimum atomic E-state index is -0.621. The standard InChI is InChI=1S/C22H21N3O6/c1-2-30-22(29)15-8-4-6-10-17(15)24-19(26)13-31-20(27)12-11-18-23-16-9-5-3-7-14(16)21(28)25-18/h3-10H,2,11-13H2,1H3,(H,24,26)(H,23,25,28). The first-order valence-electron chi connectivity index (χ1n) is 9.67. The molecule has 2 N–H and O–H groups in total. The zero-order chi connectivity index (χ0) is 22.2. The minimum Gasteiger partial charge on any atom is -0.462 e. The summed E-state index contributed by atoms with van der Waals surface area (Å²) in [6.07, 6.45) is 0.0974. The molecule has 160 valence electrons. The van der Waals surface area contributed by atoms with Crippen LogP contribution in [0.15, 0.2) is 53.3 Å². The second-order valence-corrected chi connectivity index (χ2v) is 6.50. The smallest absolute Gasteiger partial charge is 0.340 e. The van der Waals surface area contributed by atoms with E-state index in [9.17, 15) is 19.2 Å². The number of ether oxygens (including phenoxy) is 2. The van der Waals surface area contributed by atoms with Crippen LogP contribution in [0.4, 0.5) is 5.69 Å². The highest BCUT2D eigenvalue weighted by atomic mass is 16.5. The van der Waals surface area contributed by atoms with Crippen molar-refractivity contribution in [3.63, 3.8) is 0 Å². The molecule has 1 amide bonds. The highest BCUT2D eigenvalue weighted by Gasteiger charge is 2.15. The van der Waals surface area contributed by atoms with E-state index < -0.39 is 24.5 Å². The lowest BCUT2D eigenvalue weighted by Gasteiger charge is -2.10. The second-order valence-electron chi connectivity index (χ2n) is 6.50. The van der Waals surface area contributed by atoms with Crippen molar-refractivity contribution < 1.29 is 23.9 Å². The largest absolute Gasteiger partial charge is 0.462 e. The van der Waals surface area contributed by atoms with Crippen LogP contribution in [-0.4, -0.2) is 41.0 Å². The number of H-pyrrole nitrogens is 1. The highest BCUT2D eigenvalue weighted by molar-refractivity contribution is 6.01. The van der Waals surface area contributed by atoms with Crippen LogP contribution in [0.2, 0.25) is 0 Å². The van der Waals surface area contributed by atoms with E-state index in [-0.39, 0.29) is 36.3 Å². The van der Waals surface area contributed by atoms with Gasteiger partial charge in [0.2, 0.25) is 0 Å². The van der Waals surface area contributed by atoms with Gasteiger partial charge < -0.3 is 19.8 Å². The number of benzene rings is 2. The first-order valence-corrected chi connectivity index (χ1v) is 9.67. The molecule has 2 aromatic carbocycles. The van der Waals surface area contributed by atoms with E-state index >= 15 is 0 Å². The lowest BCUT2D eigenvalue weighted by molar-refractivity contribution is -0.147. The summed E-state index contributed by atoms with van der Waals surface area (Å²) in [7, 11) is 0. The van der Waals surface area contributed by atoms with Crippen molar-refractivity contribution in [1.82, 2.24) is 9.97 Å². The molecular formula is C22H21N3O6. The van der Waals surface area contributed by atoms with Gasteiger partial charge in [0, 0.05) is 6.42 Å². The van der Waals surface area contributed by atoms with Crippen molar-refractivity contribution in [1.29, 1.82) is 0 Å². The van der Waals surface area contributed by atoms with Crippen molar-refractivity contribution in [3.05, 3.63) is 70.3 Å². The van der Waals surface area contributed by atoms with Gasteiger partial charge >= 0.3 is 11.9 Å². The van der Waals surface area contributed by atoms with Gasteiger partial charge in [0.25, 0.3) is 11.5 Å². The fourth-order valence-corrected chi connectivity index (χ4v) is 2.86. The third-order valence-corrected chi connectivity index (χ3v) is 4.29. The van der Waals surface area contributed by atoms with E-state index in [0.717, 1.165) is 0 Å². The van der Waals surface area contributed by atoms with Gasteiger partial charge in [-0.3, -0.25) is 14.4 Å². The number of hydrogen-bond donors (Lipinski definition) is 2. The normalized spacial score (nSPS) is 10.5. The van der Waals surface area contributed by atoms with E-state index in [4.69, 9.17) is 9.47 Å². The quantitative estimate of drug-likeness (QED) is 0.532. The number of carbonyl (C=O) groups excluding carboxylic acids is 3. The molecule has 0 saturated carbocycles. The fourth-order valence-electron chi connectivity index (χ4n) is 2.86. The van der Waals surface area contributed by atoms with Gasteiger partial charge in [-0.2, -0.15) is 0 Å². The van der Waals surface area contributed by atoms with Gasteiger partial charge in [-0.05, 0) is 31.2 Å². The average molecular weight is 423 g/mol. The molecule has 1 aromatic heterocycles. The molecule has 0 saturated heterocycles. The van der Waals surface area contributed by atoms with Gasteiger partial charge in [-0.25, -0.2) is 9.78 Å². The van der Waals surface area contributed by atoms with Gasteiger partial charge in [0.15, 0.2) is 6.61 Å². The van der Waals surface area contributed by atoms with Crippen molar-refractivity contribution in [3.8, 4) is 0 Å². The Hall–Kier alpha value is -4.01. The Morgan fingerprint density at radius 2 is 1.77 bits per heavy atom. The monoisotopic (exact) mass is 423 g/mol. The number of amides is 1. The van der Waals surface area contributed by atoms with E-state index in [2.05, 4.69) is 15.3 Å². The molecule has 0 bridgehead atoms. The molecule has 31 heavy (non-hydrogen) atoms. The van der Waals surface area contributed by atoms with E-state index in [1.165, 1.54) is 6.07 Å².